The van der Waals surface area contributed by atoms with Crippen molar-refractivity contribution in [1.82, 2.24) is 14.9 Å². The van der Waals surface area contributed by atoms with Gasteiger partial charge in [-0.05, 0) is 36.7 Å². The molecule has 1 aromatic carbocycles. The quantitative estimate of drug-likeness (QED) is 0.630. The first-order valence-electron chi connectivity index (χ1n) is 10.8. The number of aromatic nitrogens is 2. The molecule has 2 aliphatic rings. The number of carbonyl (C=O) groups excluding carboxylic acids is 1. The van der Waals surface area contributed by atoms with Crippen LogP contribution in [0.2, 0.25) is 0 Å². The lowest BCUT2D eigenvalue weighted by atomic mass is 9.74. The fraction of sp³-hybridized carbons (Fsp3) is 0.435. The van der Waals surface area contributed by atoms with E-state index in [4.69, 9.17) is 10.5 Å². The van der Waals surface area contributed by atoms with Gasteiger partial charge in [0.25, 0.3) is 0 Å². The normalized spacial score (nSPS) is 20.3. The number of anilines is 1. The number of nitrogens with zero attached hydrogens (tertiary/aromatic N) is 3. The van der Waals surface area contributed by atoms with Gasteiger partial charge in [0.2, 0.25) is 5.88 Å². The van der Waals surface area contributed by atoms with Crippen LogP contribution in [0.5, 0.6) is 5.88 Å². The number of thiazole rings is 1. The third-order valence-corrected chi connectivity index (χ3v) is 7.90. The van der Waals surface area contributed by atoms with Gasteiger partial charge < -0.3 is 15.4 Å². The lowest BCUT2D eigenvalue weighted by Gasteiger charge is -2.41. The molecule has 0 radical (unpaired) electrons. The number of hydrogen-bond donors (Lipinski definition) is 2. The summed E-state index contributed by atoms with van der Waals surface area (Å²) < 4.78 is 6.36. The van der Waals surface area contributed by atoms with Gasteiger partial charge in [0.1, 0.15) is 5.52 Å². The van der Waals surface area contributed by atoms with Crippen molar-refractivity contribution in [3.05, 3.63) is 36.5 Å². The highest BCUT2D eigenvalue weighted by Gasteiger charge is 2.43. The predicted octanol–water partition coefficient (Wildman–Crippen LogP) is 4.49. The highest BCUT2D eigenvalue weighted by molar-refractivity contribution is 7.23. The second kappa shape index (κ2) is 8.09. The lowest BCUT2D eigenvalue weighted by molar-refractivity contribution is 0.114. The van der Waals surface area contributed by atoms with Crippen molar-refractivity contribution in [2.24, 2.45) is 11.1 Å². The highest BCUT2D eigenvalue weighted by Crippen LogP contribution is 2.45. The summed E-state index contributed by atoms with van der Waals surface area (Å²) >= 11 is 1.45. The third kappa shape index (κ3) is 3.64. The van der Waals surface area contributed by atoms with E-state index in [-0.39, 0.29) is 17.5 Å². The number of nitrogens with two attached hydrogens (primary N) is 1. The van der Waals surface area contributed by atoms with E-state index >= 15 is 0 Å². The number of urea groups is 1. The number of pyridine rings is 1. The number of ether oxygens (including phenoxy) is 1. The number of hydrogen-bond acceptors (Lipinski definition) is 6. The van der Waals surface area contributed by atoms with Crippen molar-refractivity contribution in [3.8, 4) is 17.0 Å². The molecule has 1 aliphatic carbocycles. The molecule has 2 fully saturated rings. The van der Waals surface area contributed by atoms with Crippen LogP contribution < -0.4 is 15.8 Å². The molecular formula is C23H27N5O2S. The number of nitrogens with one attached hydrogen (secondary N) is 1. The first kappa shape index (κ1) is 20.2. The molecule has 1 saturated heterocycles. The first-order chi connectivity index (χ1) is 15.1. The minimum absolute atomic E-state index is 0.103. The lowest BCUT2D eigenvalue weighted by Crippen LogP contribution is -2.49. The fourth-order valence-electron chi connectivity index (χ4n) is 5.03. The molecule has 1 atom stereocenters. The second-order valence-electron chi connectivity index (χ2n) is 8.52. The zero-order valence-electron chi connectivity index (χ0n) is 17.6. The van der Waals surface area contributed by atoms with E-state index in [1.165, 1.54) is 24.2 Å². The molecule has 3 aromatic rings. The third-order valence-electron chi connectivity index (χ3n) is 6.90. The van der Waals surface area contributed by atoms with E-state index in [2.05, 4.69) is 15.3 Å². The van der Waals surface area contributed by atoms with Crippen molar-refractivity contribution >= 4 is 32.7 Å². The van der Waals surface area contributed by atoms with Crippen molar-refractivity contribution in [3.63, 3.8) is 0 Å². The zero-order chi connectivity index (χ0) is 21.4. The average Bonchev–Trinajstić information content (AvgIpc) is 3.37. The predicted molar refractivity (Wildman–Crippen MR) is 123 cm³/mol. The monoisotopic (exact) mass is 437 g/mol. The molecule has 2 aromatic heterocycles. The standard InChI is InChI=1S/C23H27N5O2S/c1-30-20-18-19(16(14-25-20)15-6-3-2-4-7-15)31-21(26-18)27-22(29)28-12-10-23(11-13-28)9-5-8-17(23)24/h2-4,6-7,14,17H,5,8-13,24H2,1H3,(H,26,27,29). The number of fused-ring (bicyclic) bond motifs is 1. The first-order valence-corrected chi connectivity index (χ1v) is 11.6. The Balaban J connectivity index is 1.37. The Hall–Kier alpha value is -2.71. The van der Waals surface area contributed by atoms with Crippen LogP contribution in [0.25, 0.3) is 21.3 Å². The number of amides is 2. The van der Waals surface area contributed by atoms with Crippen LogP contribution in [-0.4, -0.2) is 47.1 Å². The maximum Gasteiger partial charge on any atom is 0.323 e. The van der Waals surface area contributed by atoms with Gasteiger partial charge >= 0.3 is 6.03 Å². The van der Waals surface area contributed by atoms with Crippen LogP contribution in [0.4, 0.5) is 9.93 Å². The van der Waals surface area contributed by atoms with Crippen LogP contribution in [-0.2, 0) is 0 Å². The van der Waals surface area contributed by atoms with Crippen LogP contribution in [0.1, 0.15) is 32.1 Å². The second-order valence-corrected chi connectivity index (χ2v) is 9.52. The molecular weight excluding hydrogens is 410 g/mol. The summed E-state index contributed by atoms with van der Waals surface area (Å²) in [6, 6.07) is 10.2. The molecule has 1 saturated carbocycles. The molecule has 162 valence electrons. The summed E-state index contributed by atoms with van der Waals surface area (Å²) in [6.45, 7) is 1.48. The van der Waals surface area contributed by atoms with E-state index in [9.17, 15) is 4.79 Å². The Morgan fingerprint density at radius 1 is 1.26 bits per heavy atom. The van der Waals surface area contributed by atoms with Gasteiger partial charge in [-0.1, -0.05) is 48.1 Å². The topological polar surface area (TPSA) is 93.4 Å². The maximum atomic E-state index is 12.9. The zero-order valence-corrected chi connectivity index (χ0v) is 18.5. The largest absolute Gasteiger partial charge is 0.479 e. The summed E-state index contributed by atoms with van der Waals surface area (Å²) in [6.07, 6.45) is 7.27. The smallest absolute Gasteiger partial charge is 0.323 e. The minimum Gasteiger partial charge on any atom is -0.479 e. The summed E-state index contributed by atoms with van der Waals surface area (Å²) in [5.74, 6) is 0.460. The summed E-state index contributed by atoms with van der Waals surface area (Å²) in [5.41, 5.74) is 9.31. The Kier molecular flexibility index (Phi) is 5.27. The van der Waals surface area contributed by atoms with E-state index < -0.39 is 0 Å². The molecule has 1 unspecified atom stereocenters. The van der Waals surface area contributed by atoms with Gasteiger partial charge in [0.05, 0.1) is 11.8 Å². The Morgan fingerprint density at radius 2 is 2.03 bits per heavy atom. The van der Waals surface area contributed by atoms with E-state index in [0.717, 1.165) is 48.2 Å². The van der Waals surface area contributed by atoms with Gasteiger partial charge in [0.15, 0.2) is 5.13 Å². The van der Waals surface area contributed by atoms with Crippen molar-refractivity contribution in [1.29, 1.82) is 0 Å². The number of rotatable bonds is 3. The molecule has 1 aliphatic heterocycles. The highest BCUT2D eigenvalue weighted by atomic mass is 32.1. The van der Waals surface area contributed by atoms with E-state index in [1.54, 1.807) is 13.3 Å². The van der Waals surface area contributed by atoms with Crippen LogP contribution >= 0.6 is 11.3 Å². The number of carbonyl (C=O) groups is 1. The Morgan fingerprint density at radius 3 is 2.71 bits per heavy atom. The van der Waals surface area contributed by atoms with E-state index in [1.807, 2.05) is 35.2 Å². The number of piperidine rings is 1. The molecule has 7 nitrogen and oxygen atoms in total. The Bertz CT molecular complexity index is 1090. The van der Waals surface area contributed by atoms with Gasteiger partial charge in [0, 0.05) is 30.9 Å². The molecule has 3 N–H and O–H groups in total. The van der Waals surface area contributed by atoms with E-state index in [0.29, 0.717) is 16.5 Å². The van der Waals surface area contributed by atoms with Crippen molar-refractivity contribution < 1.29 is 9.53 Å². The summed E-state index contributed by atoms with van der Waals surface area (Å²) in [7, 11) is 1.58. The molecule has 0 bridgehead atoms. The maximum absolute atomic E-state index is 12.9. The summed E-state index contributed by atoms with van der Waals surface area (Å²) in [4.78, 5) is 23.9. The molecule has 31 heavy (non-hydrogen) atoms. The van der Waals surface area contributed by atoms with Gasteiger partial charge in [-0.25, -0.2) is 14.8 Å². The van der Waals surface area contributed by atoms with Crippen molar-refractivity contribution in [2.45, 2.75) is 38.1 Å². The SMILES string of the molecule is COc1ncc(-c2ccccc2)c2sc(NC(=O)N3CCC4(CCCC4N)CC3)nc12. The fourth-order valence-corrected chi connectivity index (χ4v) is 6.01. The van der Waals surface area contributed by atoms with Crippen molar-refractivity contribution in [2.75, 3.05) is 25.5 Å². The Labute approximate surface area is 185 Å². The molecule has 1 spiro atoms. The van der Waals surface area contributed by atoms with Gasteiger partial charge in [-0.2, -0.15) is 0 Å². The molecule has 8 heteroatoms. The molecule has 3 heterocycles. The average molecular weight is 438 g/mol. The molecule has 2 amide bonds. The van der Waals surface area contributed by atoms with Crippen LogP contribution in [0.15, 0.2) is 36.5 Å². The number of benzene rings is 1. The summed E-state index contributed by atoms with van der Waals surface area (Å²) in [5, 5.41) is 3.56. The minimum atomic E-state index is -0.103. The number of likely N-dealkylation sites (tertiary alicyclic amines) is 1. The van der Waals surface area contributed by atoms with Gasteiger partial charge in [-0.3, -0.25) is 5.32 Å². The number of methoxy groups -OCH3 is 1. The van der Waals surface area contributed by atoms with Crippen LogP contribution in [0, 0.1) is 5.41 Å². The molecule has 5 rings (SSSR count). The van der Waals surface area contributed by atoms with Crippen LogP contribution in [0.3, 0.4) is 0 Å². The van der Waals surface area contributed by atoms with Gasteiger partial charge in [-0.15, -0.1) is 0 Å².